The number of aliphatic carboxylic acids is 1. The molecule has 1 aliphatic rings. The molecule has 14 heavy (non-hydrogen) atoms. The summed E-state index contributed by atoms with van der Waals surface area (Å²) in [7, 11) is 0. The van der Waals surface area contributed by atoms with Gasteiger partial charge in [-0.1, -0.05) is 25.5 Å². The molecule has 0 fully saturated rings. The molecule has 0 aromatic heterocycles. The minimum atomic E-state index is -0.757. The molecule has 0 aliphatic carbocycles. The highest BCUT2D eigenvalue weighted by atomic mass is 16.4. The number of carboxylic acid groups (broad SMARTS) is 1. The Morgan fingerprint density at radius 1 is 1.57 bits per heavy atom. The molecule has 0 aromatic rings. The van der Waals surface area contributed by atoms with Gasteiger partial charge < -0.3 is 10.4 Å². The van der Waals surface area contributed by atoms with Crippen LogP contribution in [0.25, 0.3) is 0 Å². The Morgan fingerprint density at radius 3 is 2.36 bits per heavy atom. The van der Waals surface area contributed by atoms with Crippen molar-refractivity contribution >= 4 is 5.97 Å². The number of hydrogen-bond acceptors (Lipinski definition) is 2. The van der Waals surface area contributed by atoms with Crippen LogP contribution in [0, 0.1) is 0 Å². The van der Waals surface area contributed by atoms with Gasteiger partial charge in [0.2, 0.25) is 0 Å². The van der Waals surface area contributed by atoms with Crippen LogP contribution >= 0.6 is 0 Å². The van der Waals surface area contributed by atoms with E-state index < -0.39 is 5.97 Å². The van der Waals surface area contributed by atoms with Crippen molar-refractivity contribution in [2.45, 2.75) is 33.2 Å². The standard InChI is InChI=1S/C7H11NO2.C2H6.C2H4/c1-5-2-3-8-6(4-5)7(9)10;2*1-2/h2,6,8H,3-4H2,1H3,(H,9,10);1-2H3;1-2H2. The summed E-state index contributed by atoms with van der Waals surface area (Å²) in [5.41, 5.74) is 1.16. The van der Waals surface area contributed by atoms with Gasteiger partial charge in [0.25, 0.3) is 0 Å². The molecule has 0 bridgehead atoms. The molecule has 1 aliphatic heterocycles. The van der Waals surface area contributed by atoms with Crippen molar-refractivity contribution < 1.29 is 9.90 Å². The lowest BCUT2D eigenvalue weighted by Crippen LogP contribution is -2.39. The third kappa shape index (κ3) is 6.43. The van der Waals surface area contributed by atoms with Crippen LogP contribution in [0.2, 0.25) is 0 Å². The fourth-order valence-corrected chi connectivity index (χ4v) is 1.03. The Hall–Kier alpha value is -1.09. The van der Waals surface area contributed by atoms with Crippen LogP contribution in [0.15, 0.2) is 24.8 Å². The van der Waals surface area contributed by atoms with Gasteiger partial charge in [0.1, 0.15) is 6.04 Å². The Balaban J connectivity index is 0. The van der Waals surface area contributed by atoms with Gasteiger partial charge in [0.05, 0.1) is 0 Å². The zero-order chi connectivity index (χ0) is 11.6. The van der Waals surface area contributed by atoms with Crippen LogP contribution in [0.3, 0.4) is 0 Å². The second-order valence-electron chi connectivity index (χ2n) is 2.55. The molecule has 0 saturated heterocycles. The lowest BCUT2D eigenvalue weighted by Gasteiger charge is -2.18. The van der Waals surface area contributed by atoms with E-state index in [2.05, 4.69) is 18.5 Å². The first kappa shape index (κ1) is 15.4. The average Bonchev–Trinajstić information content (AvgIpc) is 2.24. The van der Waals surface area contributed by atoms with E-state index in [0.717, 1.165) is 5.57 Å². The summed E-state index contributed by atoms with van der Waals surface area (Å²) in [4.78, 5) is 10.4. The van der Waals surface area contributed by atoms with Gasteiger partial charge >= 0.3 is 5.97 Å². The van der Waals surface area contributed by atoms with E-state index in [1.54, 1.807) is 0 Å². The molecule has 3 heteroatoms. The topological polar surface area (TPSA) is 49.3 Å². The van der Waals surface area contributed by atoms with E-state index >= 15 is 0 Å². The SMILES string of the molecule is C=C.CC.CC1=CCNC(C(=O)O)C1. The second kappa shape index (κ2) is 9.99. The van der Waals surface area contributed by atoms with Crippen molar-refractivity contribution in [2.24, 2.45) is 0 Å². The maximum atomic E-state index is 10.4. The Morgan fingerprint density at radius 2 is 2.07 bits per heavy atom. The smallest absolute Gasteiger partial charge is 0.321 e. The molecular formula is C11H21NO2. The van der Waals surface area contributed by atoms with Crippen molar-refractivity contribution in [3.8, 4) is 0 Å². The van der Waals surface area contributed by atoms with E-state index in [-0.39, 0.29) is 6.04 Å². The summed E-state index contributed by atoms with van der Waals surface area (Å²) in [6, 6.07) is -0.370. The van der Waals surface area contributed by atoms with Crippen LogP contribution in [-0.2, 0) is 4.79 Å². The molecule has 2 N–H and O–H groups in total. The fourth-order valence-electron chi connectivity index (χ4n) is 1.03. The molecule has 0 spiro atoms. The summed E-state index contributed by atoms with van der Waals surface area (Å²) in [5.74, 6) is -0.757. The van der Waals surface area contributed by atoms with Gasteiger partial charge in [0, 0.05) is 6.54 Å². The van der Waals surface area contributed by atoms with E-state index in [1.807, 2.05) is 26.8 Å². The number of hydrogen-bond donors (Lipinski definition) is 2. The van der Waals surface area contributed by atoms with Gasteiger partial charge in [-0.2, -0.15) is 0 Å². The third-order valence-electron chi connectivity index (χ3n) is 1.64. The van der Waals surface area contributed by atoms with E-state index in [1.165, 1.54) is 0 Å². The predicted molar refractivity (Wildman–Crippen MR) is 60.4 cm³/mol. The first-order valence-electron chi connectivity index (χ1n) is 4.82. The normalized spacial score (nSPS) is 19.1. The van der Waals surface area contributed by atoms with Crippen LogP contribution in [0.1, 0.15) is 27.2 Å². The zero-order valence-electron chi connectivity index (χ0n) is 9.34. The first-order chi connectivity index (χ1) is 6.70. The summed E-state index contributed by atoms with van der Waals surface area (Å²) >= 11 is 0. The quantitative estimate of drug-likeness (QED) is 0.636. The number of carboxylic acids is 1. The molecule has 1 unspecified atom stereocenters. The van der Waals surface area contributed by atoms with Gasteiger partial charge in [-0.3, -0.25) is 4.79 Å². The number of carbonyl (C=O) groups is 1. The van der Waals surface area contributed by atoms with Crippen molar-refractivity contribution in [1.29, 1.82) is 0 Å². The summed E-state index contributed by atoms with van der Waals surface area (Å²) in [6.45, 7) is 12.6. The van der Waals surface area contributed by atoms with Crippen molar-refractivity contribution in [3.05, 3.63) is 24.8 Å². The summed E-state index contributed by atoms with van der Waals surface area (Å²) in [6.07, 6.45) is 2.65. The molecule has 0 radical (unpaired) electrons. The molecule has 0 amide bonds. The Bertz CT molecular complexity index is 188. The maximum absolute atomic E-state index is 10.4. The van der Waals surface area contributed by atoms with E-state index in [9.17, 15) is 4.79 Å². The average molecular weight is 199 g/mol. The molecule has 82 valence electrons. The summed E-state index contributed by atoms with van der Waals surface area (Å²) in [5, 5.41) is 11.4. The summed E-state index contributed by atoms with van der Waals surface area (Å²) < 4.78 is 0. The maximum Gasteiger partial charge on any atom is 0.321 e. The Labute approximate surface area is 86.5 Å². The number of nitrogens with one attached hydrogen (secondary N) is 1. The van der Waals surface area contributed by atoms with Crippen LogP contribution in [0.4, 0.5) is 0 Å². The lowest BCUT2D eigenvalue weighted by atomic mass is 10.0. The zero-order valence-corrected chi connectivity index (χ0v) is 9.34. The molecule has 1 rings (SSSR count). The number of rotatable bonds is 1. The first-order valence-corrected chi connectivity index (χ1v) is 4.82. The van der Waals surface area contributed by atoms with Crippen molar-refractivity contribution in [3.63, 3.8) is 0 Å². The van der Waals surface area contributed by atoms with Gasteiger partial charge in [0.15, 0.2) is 0 Å². The van der Waals surface area contributed by atoms with E-state index in [0.29, 0.717) is 13.0 Å². The van der Waals surface area contributed by atoms with Crippen LogP contribution in [-0.4, -0.2) is 23.7 Å². The van der Waals surface area contributed by atoms with Crippen LogP contribution < -0.4 is 5.32 Å². The minimum Gasteiger partial charge on any atom is -0.480 e. The third-order valence-corrected chi connectivity index (χ3v) is 1.64. The fraction of sp³-hybridized carbons (Fsp3) is 0.545. The van der Waals surface area contributed by atoms with Gasteiger partial charge in [-0.15, -0.1) is 13.2 Å². The second-order valence-corrected chi connectivity index (χ2v) is 2.55. The minimum absolute atomic E-state index is 0.370. The monoisotopic (exact) mass is 199 g/mol. The molecule has 1 heterocycles. The molecular weight excluding hydrogens is 178 g/mol. The molecule has 0 saturated carbocycles. The highest BCUT2D eigenvalue weighted by Crippen LogP contribution is 2.08. The highest BCUT2D eigenvalue weighted by molar-refractivity contribution is 5.74. The van der Waals surface area contributed by atoms with Gasteiger partial charge in [-0.25, -0.2) is 0 Å². The van der Waals surface area contributed by atoms with Crippen molar-refractivity contribution in [2.75, 3.05) is 6.54 Å². The lowest BCUT2D eigenvalue weighted by molar-refractivity contribution is -0.139. The molecule has 0 aromatic carbocycles. The van der Waals surface area contributed by atoms with Gasteiger partial charge in [-0.05, 0) is 13.3 Å². The largest absolute Gasteiger partial charge is 0.480 e. The highest BCUT2D eigenvalue weighted by Gasteiger charge is 2.18. The molecule has 3 nitrogen and oxygen atoms in total. The van der Waals surface area contributed by atoms with Crippen molar-refractivity contribution in [1.82, 2.24) is 5.32 Å². The Kier molecular flexibility index (Phi) is 11.0. The van der Waals surface area contributed by atoms with E-state index in [4.69, 9.17) is 5.11 Å². The molecule has 1 atom stereocenters. The predicted octanol–water partition coefficient (Wildman–Crippen LogP) is 2.21. The van der Waals surface area contributed by atoms with Crippen LogP contribution in [0.5, 0.6) is 0 Å².